The van der Waals surface area contributed by atoms with E-state index in [1.54, 1.807) is 12.1 Å². The van der Waals surface area contributed by atoms with Crippen LogP contribution in [0.4, 0.5) is 9.18 Å². The van der Waals surface area contributed by atoms with Crippen molar-refractivity contribution in [2.45, 2.75) is 19.5 Å². The Balaban J connectivity index is 1.55. The highest BCUT2D eigenvalue weighted by atomic mass is 19.1. The van der Waals surface area contributed by atoms with Gasteiger partial charge in [-0.2, -0.15) is 0 Å². The van der Waals surface area contributed by atoms with Crippen molar-refractivity contribution in [2.24, 2.45) is 0 Å². The van der Waals surface area contributed by atoms with E-state index in [9.17, 15) is 9.18 Å². The van der Waals surface area contributed by atoms with Crippen LogP contribution in [0.2, 0.25) is 0 Å². The second-order valence-electron chi connectivity index (χ2n) is 5.29. The van der Waals surface area contributed by atoms with Gasteiger partial charge in [0.15, 0.2) is 11.5 Å². The summed E-state index contributed by atoms with van der Waals surface area (Å²) in [5.74, 6) is 1.06. The average molecular weight is 316 g/mol. The van der Waals surface area contributed by atoms with Gasteiger partial charge in [-0.1, -0.05) is 18.2 Å². The summed E-state index contributed by atoms with van der Waals surface area (Å²) in [4.78, 5) is 11.9. The Morgan fingerprint density at radius 3 is 2.87 bits per heavy atom. The molecule has 2 aromatic carbocycles. The van der Waals surface area contributed by atoms with Gasteiger partial charge in [-0.15, -0.1) is 0 Å². The number of benzene rings is 2. The van der Waals surface area contributed by atoms with E-state index in [2.05, 4.69) is 10.6 Å². The Kier molecular flexibility index (Phi) is 4.32. The monoisotopic (exact) mass is 316 g/mol. The summed E-state index contributed by atoms with van der Waals surface area (Å²) in [6, 6.07) is 11.2. The third-order valence-corrected chi connectivity index (χ3v) is 3.59. The number of halogens is 1. The van der Waals surface area contributed by atoms with Crippen LogP contribution in [-0.2, 0) is 6.54 Å². The van der Waals surface area contributed by atoms with Gasteiger partial charge < -0.3 is 20.1 Å². The van der Waals surface area contributed by atoms with Gasteiger partial charge in [0.05, 0.1) is 6.04 Å². The smallest absolute Gasteiger partial charge is 0.315 e. The molecule has 1 aliphatic rings. The highest BCUT2D eigenvalue weighted by Crippen LogP contribution is 2.34. The summed E-state index contributed by atoms with van der Waals surface area (Å²) in [6.07, 6.45) is 0. The van der Waals surface area contributed by atoms with Crippen LogP contribution in [0, 0.1) is 5.82 Å². The molecule has 23 heavy (non-hydrogen) atoms. The molecular weight excluding hydrogens is 299 g/mol. The van der Waals surface area contributed by atoms with E-state index >= 15 is 0 Å². The molecule has 1 heterocycles. The number of hydrogen-bond donors (Lipinski definition) is 2. The first kappa shape index (κ1) is 15.1. The maximum Gasteiger partial charge on any atom is 0.315 e. The van der Waals surface area contributed by atoms with Crippen molar-refractivity contribution in [2.75, 3.05) is 6.79 Å². The molecule has 0 saturated heterocycles. The van der Waals surface area contributed by atoms with Crippen LogP contribution < -0.4 is 20.1 Å². The maximum absolute atomic E-state index is 13.1. The first-order valence-electron chi connectivity index (χ1n) is 7.30. The molecule has 0 fully saturated rings. The molecular formula is C17H17FN2O3. The van der Waals surface area contributed by atoms with E-state index < -0.39 is 0 Å². The van der Waals surface area contributed by atoms with E-state index in [0.717, 1.165) is 5.56 Å². The molecule has 1 aliphatic heterocycles. The van der Waals surface area contributed by atoms with Crippen molar-refractivity contribution in [3.63, 3.8) is 0 Å². The van der Waals surface area contributed by atoms with Crippen molar-refractivity contribution >= 4 is 6.03 Å². The second-order valence-corrected chi connectivity index (χ2v) is 5.29. The molecule has 0 saturated carbocycles. The summed E-state index contributed by atoms with van der Waals surface area (Å²) in [7, 11) is 0. The van der Waals surface area contributed by atoms with Gasteiger partial charge in [0.1, 0.15) is 5.82 Å². The fraction of sp³-hybridized carbons (Fsp3) is 0.235. The zero-order chi connectivity index (χ0) is 16.2. The third kappa shape index (κ3) is 3.71. The average Bonchev–Trinajstić information content (AvgIpc) is 3.00. The molecule has 0 bridgehead atoms. The first-order chi connectivity index (χ1) is 11.1. The normalized spacial score (nSPS) is 13.5. The molecule has 2 amide bonds. The fourth-order valence-corrected chi connectivity index (χ4v) is 2.34. The van der Waals surface area contributed by atoms with Crippen LogP contribution in [0.15, 0.2) is 42.5 Å². The fourth-order valence-electron chi connectivity index (χ4n) is 2.34. The largest absolute Gasteiger partial charge is 0.454 e. The number of ether oxygens (including phenoxy) is 2. The van der Waals surface area contributed by atoms with Crippen LogP contribution in [-0.4, -0.2) is 12.8 Å². The van der Waals surface area contributed by atoms with Crippen molar-refractivity contribution in [3.05, 3.63) is 59.4 Å². The summed E-state index contributed by atoms with van der Waals surface area (Å²) in [6.45, 7) is 2.35. The number of hydrogen-bond acceptors (Lipinski definition) is 3. The molecule has 2 N–H and O–H groups in total. The number of urea groups is 1. The topological polar surface area (TPSA) is 59.6 Å². The zero-order valence-electron chi connectivity index (χ0n) is 12.6. The van der Waals surface area contributed by atoms with Gasteiger partial charge in [-0.3, -0.25) is 0 Å². The van der Waals surface area contributed by atoms with Crippen molar-refractivity contribution < 1.29 is 18.7 Å². The number of rotatable bonds is 4. The Morgan fingerprint density at radius 2 is 2.04 bits per heavy atom. The molecule has 0 radical (unpaired) electrons. The molecule has 6 heteroatoms. The number of amides is 2. The van der Waals surface area contributed by atoms with Gasteiger partial charge in [-0.05, 0) is 42.3 Å². The highest BCUT2D eigenvalue weighted by Gasteiger charge is 2.16. The molecule has 0 aromatic heterocycles. The SMILES string of the molecule is CC(NC(=O)NCc1cccc(F)c1)c1ccc2c(c1)OCO2. The number of carbonyl (C=O) groups is 1. The minimum absolute atomic E-state index is 0.197. The predicted octanol–water partition coefficient (Wildman–Crippen LogP) is 3.11. The lowest BCUT2D eigenvalue weighted by atomic mass is 10.1. The summed E-state index contributed by atoms with van der Waals surface area (Å²) in [5, 5.41) is 5.54. The van der Waals surface area contributed by atoms with Gasteiger partial charge in [0.2, 0.25) is 6.79 Å². The van der Waals surface area contributed by atoms with E-state index in [0.29, 0.717) is 17.1 Å². The molecule has 1 atom stereocenters. The summed E-state index contributed by atoms with van der Waals surface area (Å²) >= 11 is 0. The van der Waals surface area contributed by atoms with Crippen LogP contribution in [0.1, 0.15) is 24.1 Å². The van der Waals surface area contributed by atoms with Crippen molar-refractivity contribution in [1.29, 1.82) is 0 Å². The van der Waals surface area contributed by atoms with Crippen LogP contribution >= 0.6 is 0 Å². The molecule has 0 spiro atoms. The Labute approximate surface area is 133 Å². The lowest BCUT2D eigenvalue weighted by Gasteiger charge is -2.15. The van der Waals surface area contributed by atoms with Crippen LogP contribution in [0.25, 0.3) is 0 Å². The number of carbonyl (C=O) groups excluding carboxylic acids is 1. The van der Waals surface area contributed by atoms with Crippen LogP contribution in [0.3, 0.4) is 0 Å². The number of nitrogens with one attached hydrogen (secondary N) is 2. The zero-order valence-corrected chi connectivity index (χ0v) is 12.6. The predicted molar refractivity (Wildman–Crippen MR) is 82.8 cm³/mol. The molecule has 1 unspecified atom stereocenters. The molecule has 3 rings (SSSR count). The standard InChI is InChI=1S/C17H17FN2O3/c1-11(13-5-6-15-16(8-13)23-10-22-15)20-17(21)19-9-12-3-2-4-14(18)7-12/h2-8,11H,9-10H2,1H3,(H2,19,20,21). The Bertz CT molecular complexity index is 721. The van der Waals surface area contributed by atoms with Gasteiger partial charge in [0.25, 0.3) is 0 Å². The summed E-state index contributed by atoms with van der Waals surface area (Å²) < 4.78 is 23.7. The molecule has 5 nitrogen and oxygen atoms in total. The van der Waals surface area contributed by atoms with Gasteiger partial charge in [0, 0.05) is 6.54 Å². The van der Waals surface area contributed by atoms with Crippen molar-refractivity contribution in [1.82, 2.24) is 10.6 Å². The lowest BCUT2D eigenvalue weighted by Crippen LogP contribution is -2.36. The third-order valence-electron chi connectivity index (χ3n) is 3.59. The highest BCUT2D eigenvalue weighted by molar-refractivity contribution is 5.74. The Morgan fingerprint density at radius 1 is 1.22 bits per heavy atom. The number of fused-ring (bicyclic) bond motifs is 1. The van der Waals surface area contributed by atoms with Crippen LogP contribution in [0.5, 0.6) is 11.5 Å². The van der Waals surface area contributed by atoms with E-state index in [1.807, 2.05) is 25.1 Å². The molecule has 2 aromatic rings. The maximum atomic E-state index is 13.1. The first-order valence-corrected chi connectivity index (χ1v) is 7.30. The van der Waals surface area contributed by atoms with Crippen molar-refractivity contribution in [3.8, 4) is 11.5 Å². The van der Waals surface area contributed by atoms with E-state index in [1.165, 1.54) is 12.1 Å². The quantitative estimate of drug-likeness (QED) is 0.911. The minimum Gasteiger partial charge on any atom is -0.454 e. The minimum atomic E-state index is -0.321. The lowest BCUT2D eigenvalue weighted by molar-refractivity contribution is 0.174. The molecule has 0 aliphatic carbocycles. The molecule has 120 valence electrons. The second kappa shape index (κ2) is 6.56. The summed E-state index contributed by atoms with van der Waals surface area (Å²) in [5.41, 5.74) is 1.62. The van der Waals surface area contributed by atoms with Gasteiger partial charge in [-0.25, -0.2) is 9.18 Å². The van der Waals surface area contributed by atoms with Gasteiger partial charge >= 0.3 is 6.03 Å². The Hall–Kier alpha value is -2.76. The van der Waals surface area contributed by atoms with E-state index in [4.69, 9.17) is 9.47 Å². The van der Waals surface area contributed by atoms with E-state index in [-0.39, 0.29) is 31.2 Å².